The fourth-order valence-electron chi connectivity index (χ4n) is 1.50. The summed E-state index contributed by atoms with van der Waals surface area (Å²) in [6.45, 7) is 8.44. The Morgan fingerprint density at radius 2 is 2.06 bits per heavy atom. The van der Waals surface area contributed by atoms with Gasteiger partial charge in [0, 0.05) is 10.0 Å². The first-order valence-corrected chi connectivity index (χ1v) is 6.87. The van der Waals surface area contributed by atoms with Crippen LogP contribution in [0.4, 0.5) is 0 Å². The van der Waals surface area contributed by atoms with E-state index in [-0.39, 0.29) is 17.5 Å². The molecule has 0 heterocycles. The predicted octanol–water partition coefficient (Wildman–Crippen LogP) is 3.01. The van der Waals surface area contributed by atoms with Crippen LogP contribution in [0.2, 0.25) is 0 Å². The standard InChI is InChI=1S/C14H21BrN2O/c1-10(11-6-5-7-12(15)8-11)17-13(18)9-16-14(2,3)4/h5-8,10,16H,9H2,1-4H3,(H,17,18)/t10-/m1/s1. The van der Waals surface area contributed by atoms with Gasteiger partial charge in [0.2, 0.25) is 5.91 Å². The highest BCUT2D eigenvalue weighted by atomic mass is 79.9. The van der Waals surface area contributed by atoms with Gasteiger partial charge >= 0.3 is 0 Å². The summed E-state index contributed by atoms with van der Waals surface area (Å²) in [5.41, 5.74) is 1.05. The average molecular weight is 313 g/mol. The van der Waals surface area contributed by atoms with Gasteiger partial charge in [-0.25, -0.2) is 0 Å². The van der Waals surface area contributed by atoms with E-state index in [4.69, 9.17) is 0 Å². The Morgan fingerprint density at radius 3 is 2.61 bits per heavy atom. The third-order valence-corrected chi connectivity index (χ3v) is 3.00. The van der Waals surface area contributed by atoms with Crippen LogP contribution in [0.1, 0.15) is 39.3 Å². The first-order chi connectivity index (χ1) is 8.28. The minimum atomic E-state index is -0.0453. The lowest BCUT2D eigenvalue weighted by molar-refractivity contribution is -0.121. The minimum Gasteiger partial charge on any atom is -0.348 e. The molecule has 18 heavy (non-hydrogen) atoms. The second-order valence-electron chi connectivity index (χ2n) is 5.45. The Morgan fingerprint density at radius 1 is 1.39 bits per heavy atom. The van der Waals surface area contributed by atoms with Gasteiger partial charge in [0.25, 0.3) is 0 Å². The van der Waals surface area contributed by atoms with Crippen LogP contribution in [-0.4, -0.2) is 18.0 Å². The molecule has 2 N–H and O–H groups in total. The summed E-state index contributed by atoms with van der Waals surface area (Å²) >= 11 is 3.43. The lowest BCUT2D eigenvalue weighted by Gasteiger charge is -2.21. The Kier molecular flexibility index (Phi) is 5.35. The van der Waals surface area contributed by atoms with E-state index in [0.29, 0.717) is 6.54 Å². The van der Waals surface area contributed by atoms with Gasteiger partial charge in [0.1, 0.15) is 0 Å². The molecule has 0 aromatic heterocycles. The topological polar surface area (TPSA) is 41.1 Å². The summed E-state index contributed by atoms with van der Waals surface area (Å²) in [6, 6.07) is 7.97. The van der Waals surface area contributed by atoms with E-state index in [0.717, 1.165) is 10.0 Å². The Balaban J connectivity index is 2.50. The van der Waals surface area contributed by atoms with Crippen LogP contribution in [-0.2, 0) is 4.79 Å². The second kappa shape index (κ2) is 6.34. The molecule has 4 heteroatoms. The van der Waals surface area contributed by atoms with E-state index in [9.17, 15) is 4.79 Å². The zero-order valence-electron chi connectivity index (χ0n) is 11.4. The largest absolute Gasteiger partial charge is 0.348 e. The molecule has 1 rings (SSSR count). The molecule has 1 amide bonds. The maximum atomic E-state index is 11.8. The maximum absolute atomic E-state index is 11.8. The van der Waals surface area contributed by atoms with Crippen LogP contribution in [0.5, 0.6) is 0 Å². The van der Waals surface area contributed by atoms with Gasteiger partial charge in [-0.1, -0.05) is 28.1 Å². The van der Waals surface area contributed by atoms with Crippen molar-refractivity contribution in [3.05, 3.63) is 34.3 Å². The smallest absolute Gasteiger partial charge is 0.234 e. The van der Waals surface area contributed by atoms with Crippen molar-refractivity contribution in [1.29, 1.82) is 0 Å². The highest BCUT2D eigenvalue weighted by Gasteiger charge is 2.13. The summed E-state index contributed by atoms with van der Waals surface area (Å²) in [6.07, 6.45) is 0. The van der Waals surface area contributed by atoms with Gasteiger partial charge in [0.15, 0.2) is 0 Å². The fraction of sp³-hybridized carbons (Fsp3) is 0.500. The van der Waals surface area contributed by atoms with Crippen LogP contribution in [0.15, 0.2) is 28.7 Å². The molecule has 0 aliphatic carbocycles. The number of hydrogen-bond acceptors (Lipinski definition) is 2. The van der Waals surface area contributed by atoms with Crippen molar-refractivity contribution in [2.24, 2.45) is 0 Å². The van der Waals surface area contributed by atoms with Crippen molar-refractivity contribution >= 4 is 21.8 Å². The number of halogens is 1. The summed E-state index contributed by atoms with van der Waals surface area (Å²) in [7, 11) is 0. The van der Waals surface area contributed by atoms with Crippen LogP contribution in [0, 0.1) is 0 Å². The summed E-state index contributed by atoms with van der Waals surface area (Å²) in [4.78, 5) is 11.8. The van der Waals surface area contributed by atoms with E-state index < -0.39 is 0 Å². The lowest BCUT2D eigenvalue weighted by atomic mass is 10.1. The Bertz CT molecular complexity index is 413. The molecule has 0 saturated carbocycles. The van der Waals surface area contributed by atoms with E-state index >= 15 is 0 Å². The molecule has 0 saturated heterocycles. The molecule has 100 valence electrons. The molecule has 3 nitrogen and oxygen atoms in total. The number of carbonyl (C=O) groups is 1. The summed E-state index contributed by atoms with van der Waals surface area (Å²) < 4.78 is 1.02. The molecular formula is C14H21BrN2O. The first kappa shape index (κ1) is 15.2. The number of carbonyl (C=O) groups excluding carboxylic acids is 1. The van der Waals surface area contributed by atoms with Gasteiger partial charge in [0.05, 0.1) is 12.6 Å². The van der Waals surface area contributed by atoms with Crippen molar-refractivity contribution in [3.63, 3.8) is 0 Å². The molecule has 1 atom stereocenters. The molecule has 1 aromatic carbocycles. The van der Waals surface area contributed by atoms with Crippen LogP contribution in [0.3, 0.4) is 0 Å². The molecule has 0 unspecified atom stereocenters. The molecule has 0 radical (unpaired) electrons. The number of amides is 1. The lowest BCUT2D eigenvalue weighted by Crippen LogP contribution is -2.43. The van der Waals surface area contributed by atoms with Gasteiger partial charge in [-0.15, -0.1) is 0 Å². The van der Waals surface area contributed by atoms with Crippen molar-refractivity contribution in [1.82, 2.24) is 10.6 Å². The quantitative estimate of drug-likeness (QED) is 0.897. The summed E-state index contributed by atoms with van der Waals surface area (Å²) in [5.74, 6) is 0.0115. The molecule has 1 aromatic rings. The molecule has 0 bridgehead atoms. The number of rotatable bonds is 4. The van der Waals surface area contributed by atoms with Crippen molar-refractivity contribution in [2.45, 2.75) is 39.3 Å². The van der Waals surface area contributed by atoms with E-state index in [1.807, 2.05) is 52.0 Å². The molecule has 0 fully saturated rings. The zero-order valence-corrected chi connectivity index (χ0v) is 13.0. The van der Waals surface area contributed by atoms with Gasteiger partial charge in [-0.3, -0.25) is 4.79 Å². The third kappa shape index (κ3) is 5.65. The van der Waals surface area contributed by atoms with Gasteiger partial charge < -0.3 is 10.6 Å². The van der Waals surface area contributed by atoms with E-state index in [2.05, 4.69) is 26.6 Å². The predicted molar refractivity (Wildman–Crippen MR) is 78.5 cm³/mol. The van der Waals surface area contributed by atoms with Crippen molar-refractivity contribution in [2.75, 3.05) is 6.54 Å². The molecule has 0 spiro atoms. The monoisotopic (exact) mass is 312 g/mol. The molecule has 0 aliphatic heterocycles. The average Bonchev–Trinajstić information content (AvgIpc) is 2.25. The highest BCUT2D eigenvalue weighted by molar-refractivity contribution is 9.10. The Hall–Kier alpha value is -0.870. The molecule has 0 aliphatic rings. The van der Waals surface area contributed by atoms with Gasteiger partial charge in [-0.05, 0) is 45.4 Å². The Labute approximate surface area is 117 Å². The SMILES string of the molecule is C[C@@H](NC(=O)CNC(C)(C)C)c1cccc(Br)c1. The normalized spacial score (nSPS) is 13.2. The van der Waals surface area contributed by atoms with E-state index in [1.165, 1.54) is 0 Å². The number of nitrogens with one attached hydrogen (secondary N) is 2. The minimum absolute atomic E-state index is 0.0109. The zero-order chi connectivity index (χ0) is 13.8. The van der Waals surface area contributed by atoms with E-state index in [1.54, 1.807) is 0 Å². The molecular weight excluding hydrogens is 292 g/mol. The van der Waals surface area contributed by atoms with Crippen LogP contribution >= 0.6 is 15.9 Å². The van der Waals surface area contributed by atoms with Crippen molar-refractivity contribution < 1.29 is 4.79 Å². The third-order valence-electron chi connectivity index (χ3n) is 2.51. The van der Waals surface area contributed by atoms with Gasteiger partial charge in [-0.2, -0.15) is 0 Å². The van der Waals surface area contributed by atoms with Crippen molar-refractivity contribution in [3.8, 4) is 0 Å². The second-order valence-corrected chi connectivity index (χ2v) is 6.36. The summed E-state index contributed by atoms with van der Waals surface area (Å²) in [5, 5.41) is 6.14. The first-order valence-electron chi connectivity index (χ1n) is 6.08. The number of hydrogen-bond donors (Lipinski definition) is 2. The maximum Gasteiger partial charge on any atom is 0.234 e. The fourth-order valence-corrected chi connectivity index (χ4v) is 1.91. The van der Waals surface area contributed by atoms with Crippen LogP contribution < -0.4 is 10.6 Å². The number of benzene rings is 1. The highest BCUT2D eigenvalue weighted by Crippen LogP contribution is 2.17. The van der Waals surface area contributed by atoms with Crippen LogP contribution in [0.25, 0.3) is 0 Å².